The monoisotopic (exact) mass is 479 g/mol. The SMILES string of the molecule is CC(C(=O)Nc1nc2ccc(NC(=O)c3cscn3)cc2n1CC1CC1)c1cccc(Cl)c1. The average Bonchev–Trinajstić information content (AvgIpc) is 3.33. The molecule has 1 fully saturated rings. The zero-order valence-electron chi connectivity index (χ0n) is 17.9. The molecule has 1 aliphatic carbocycles. The predicted octanol–water partition coefficient (Wildman–Crippen LogP) is 5.55. The van der Waals surface area contributed by atoms with Gasteiger partial charge in [0.25, 0.3) is 5.91 Å². The number of anilines is 2. The number of benzene rings is 2. The van der Waals surface area contributed by atoms with Crippen LogP contribution in [-0.2, 0) is 11.3 Å². The molecule has 5 rings (SSSR count). The first-order chi connectivity index (χ1) is 16.0. The first kappa shape index (κ1) is 21.6. The van der Waals surface area contributed by atoms with E-state index in [1.807, 2.05) is 35.8 Å². The zero-order valence-corrected chi connectivity index (χ0v) is 19.5. The molecular formula is C24H22ClN5O2S. The van der Waals surface area contributed by atoms with Gasteiger partial charge in [-0.2, -0.15) is 0 Å². The van der Waals surface area contributed by atoms with E-state index in [1.165, 1.54) is 11.3 Å². The number of aromatic nitrogens is 3. The molecule has 9 heteroatoms. The highest BCUT2D eigenvalue weighted by Crippen LogP contribution is 2.34. The normalized spacial score (nSPS) is 14.2. The molecule has 0 saturated heterocycles. The lowest BCUT2D eigenvalue weighted by atomic mass is 10.0. The maximum Gasteiger partial charge on any atom is 0.275 e. The lowest BCUT2D eigenvalue weighted by Gasteiger charge is -2.14. The van der Waals surface area contributed by atoms with Crippen molar-refractivity contribution >= 4 is 57.4 Å². The van der Waals surface area contributed by atoms with Crippen LogP contribution in [0.2, 0.25) is 5.02 Å². The van der Waals surface area contributed by atoms with Gasteiger partial charge in [0.2, 0.25) is 11.9 Å². The number of fused-ring (bicyclic) bond motifs is 1. The number of amides is 2. The maximum absolute atomic E-state index is 13.0. The minimum absolute atomic E-state index is 0.151. The van der Waals surface area contributed by atoms with Crippen LogP contribution in [0.25, 0.3) is 11.0 Å². The molecule has 168 valence electrons. The number of rotatable bonds is 7. The Hall–Kier alpha value is -3.23. The molecule has 2 heterocycles. The summed E-state index contributed by atoms with van der Waals surface area (Å²) in [5.74, 6) is 0.288. The molecular weight excluding hydrogens is 458 g/mol. The van der Waals surface area contributed by atoms with Crippen LogP contribution >= 0.6 is 22.9 Å². The molecule has 1 aliphatic rings. The number of imidazole rings is 1. The summed E-state index contributed by atoms with van der Waals surface area (Å²) in [4.78, 5) is 34.2. The van der Waals surface area contributed by atoms with Crippen LogP contribution in [0, 0.1) is 5.92 Å². The second kappa shape index (κ2) is 8.96. The van der Waals surface area contributed by atoms with E-state index in [2.05, 4.69) is 20.6 Å². The molecule has 33 heavy (non-hydrogen) atoms. The molecule has 2 aromatic heterocycles. The third-order valence-corrected chi connectivity index (χ3v) is 6.61. The maximum atomic E-state index is 13.0. The number of carbonyl (C=O) groups excluding carboxylic acids is 2. The van der Waals surface area contributed by atoms with Gasteiger partial charge in [-0.25, -0.2) is 9.97 Å². The van der Waals surface area contributed by atoms with Crippen molar-refractivity contribution in [3.8, 4) is 0 Å². The zero-order chi connectivity index (χ0) is 22.9. The number of nitrogens with one attached hydrogen (secondary N) is 2. The molecule has 1 atom stereocenters. The minimum Gasteiger partial charge on any atom is -0.321 e. The van der Waals surface area contributed by atoms with Gasteiger partial charge in [0.15, 0.2) is 0 Å². The first-order valence-corrected chi connectivity index (χ1v) is 12.1. The van der Waals surface area contributed by atoms with Crippen molar-refractivity contribution in [1.29, 1.82) is 0 Å². The van der Waals surface area contributed by atoms with E-state index in [9.17, 15) is 9.59 Å². The summed E-state index contributed by atoms with van der Waals surface area (Å²) in [6.07, 6.45) is 2.32. The van der Waals surface area contributed by atoms with Crippen LogP contribution < -0.4 is 10.6 Å². The van der Waals surface area contributed by atoms with Crippen molar-refractivity contribution in [3.05, 3.63) is 69.6 Å². The van der Waals surface area contributed by atoms with Gasteiger partial charge in [0.1, 0.15) is 5.69 Å². The second-order valence-corrected chi connectivity index (χ2v) is 9.44. The van der Waals surface area contributed by atoms with E-state index in [-0.39, 0.29) is 17.7 Å². The molecule has 7 nitrogen and oxygen atoms in total. The number of thiazole rings is 1. The Morgan fingerprint density at radius 3 is 2.79 bits per heavy atom. The van der Waals surface area contributed by atoms with Gasteiger partial charge in [-0.15, -0.1) is 11.3 Å². The highest BCUT2D eigenvalue weighted by molar-refractivity contribution is 7.07. The molecule has 0 bridgehead atoms. The van der Waals surface area contributed by atoms with Gasteiger partial charge in [0, 0.05) is 22.6 Å². The number of carbonyl (C=O) groups is 2. The minimum atomic E-state index is -0.383. The van der Waals surface area contributed by atoms with Crippen LogP contribution in [-0.4, -0.2) is 26.3 Å². The Morgan fingerprint density at radius 1 is 1.21 bits per heavy atom. The fraction of sp³-hybridized carbons (Fsp3) is 0.250. The summed E-state index contributed by atoms with van der Waals surface area (Å²) in [6.45, 7) is 2.61. The van der Waals surface area contributed by atoms with E-state index in [0.717, 1.165) is 36.0 Å². The molecule has 2 N–H and O–H groups in total. The van der Waals surface area contributed by atoms with Crippen LogP contribution in [0.4, 0.5) is 11.6 Å². The lowest BCUT2D eigenvalue weighted by Crippen LogP contribution is -2.21. The quantitative estimate of drug-likeness (QED) is 0.363. The summed E-state index contributed by atoms with van der Waals surface area (Å²) >= 11 is 7.47. The van der Waals surface area contributed by atoms with Crippen molar-refractivity contribution < 1.29 is 9.59 Å². The van der Waals surface area contributed by atoms with Crippen molar-refractivity contribution in [3.63, 3.8) is 0 Å². The van der Waals surface area contributed by atoms with Crippen molar-refractivity contribution in [2.24, 2.45) is 5.92 Å². The van der Waals surface area contributed by atoms with Gasteiger partial charge in [-0.1, -0.05) is 23.7 Å². The Morgan fingerprint density at radius 2 is 2.06 bits per heavy atom. The molecule has 1 saturated carbocycles. The first-order valence-electron chi connectivity index (χ1n) is 10.7. The molecule has 0 aliphatic heterocycles. The van der Waals surface area contributed by atoms with E-state index in [1.54, 1.807) is 29.1 Å². The largest absolute Gasteiger partial charge is 0.321 e. The Balaban J connectivity index is 1.43. The highest BCUT2D eigenvalue weighted by atomic mass is 35.5. The van der Waals surface area contributed by atoms with E-state index >= 15 is 0 Å². The van der Waals surface area contributed by atoms with Gasteiger partial charge >= 0.3 is 0 Å². The number of hydrogen-bond donors (Lipinski definition) is 2. The van der Waals surface area contributed by atoms with Crippen LogP contribution in [0.1, 0.15) is 41.7 Å². The Kier molecular flexibility index (Phi) is 5.86. The molecule has 2 amide bonds. The predicted molar refractivity (Wildman–Crippen MR) is 131 cm³/mol. The van der Waals surface area contributed by atoms with Gasteiger partial charge in [-0.3, -0.25) is 14.9 Å². The standard InChI is InChI=1S/C24H22ClN5O2S/c1-14(16-3-2-4-17(25)9-16)22(31)29-24-28-19-8-7-18(27-23(32)20-12-33-13-26-20)10-21(19)30(24)11-15-5-6-15/h2-4,7-10,12-15H,5-6,11H2,1H3,(H,27,32)(H,28,29,31). The highest BCUT2D eigenvalue weighted by Gasteiger charge is 2.26. The van der Waals surface area contributed by atoms with Crippen molar-refractivity contribution in [2.75, 3.05) is 10.6 Å². The summed E-state index contributed by atoms with van der Waals surface area (Å²) < 4.78 is 2.04. The van der Waals surface area contributed by atoms with Crippen molar-refractivity contribution in [1.82, 2.24) is 14.5 Å². The summed E-state index contributed by atoms with van der Waals surface area (Å²) in [5, 5.41) is 8.21. The van der Waals surface area contributed by atoms with Gasteiger partial charge in [-0.05, 0) is 61.6 Å². The van der Waals surface area contributed by atoms with E-state index in [4.69, 9.17) is 11.6 Å². The summed E-state index contributed by atoms with van der Waals surface area (Å²) in [7, 11) is 0. The molecule has 2 aromatic carbocycles. The van der Waals surface area contributed by atoms with Crippen LogP contribution in [0.5, 0.6) is 0 Å². The van der Waals surface area contributed by atoms with Gasteiger partial charge < -0.3 is 9.88 Å². The molecule has 0 spiro atoms. The fourth-order valence-corrected chi connectivity index (χ4v) is 4.44. The third kappa shape index (κ3) is 4.77. The topological polar surface area (TPSA) is 88.9 Å². The van der Waals surface area contributed by atoms with E-state index in [0.29, 0.717) is 28.3 Å². The fourth-order valence-electron chi connectivity index (χ4n) is 3.70. The molecule has 4 aromatic rings. The Bertz CT molecular complexity index is 1330. The van der Waals surface area contributed by atoms with Gasteiger partial charge in [0.05, 0.1) is 22.5 Å². The Labute approximate surface area is 199 Å². The summed E-state index contributed by atoms with van der Waals surface area (Å²) in [5.41, 5.74) is 5.13. The van der Waals surface area contributed by atoms with E-state index < -0.39 is 0 Å². The molecule has 0 radical (unpaired) electrons. The number of hydrogen-bond acceptors (Lipinski definition) is 5. The average molecular weight is 480 g/mol. The molecule has 1 unspecified atom stereocenters. The van der Waals surface area contributed by atoms with Crippen LogP contribution in [0.15, 0.2) is 53.4 Å². The number of nitrogens with zero attached hydrogens (tertiary/aromatic N) is 3. The summed E-state index contributed by atoms with van der Waals surface area (Å²) in [6, 6.07) is 12.9. The second-order valence-electron chi connectivity index (χ2n) is 8.29. The lowest BCUT2D eigenvalue weighted by molar-refractivity contribution is -0.117. The van der Waals surface area contributed by atoms with Crippen LogP contribution in [0.3, 0.4) is 0 Å². The third-order valence-electron chi connectivity index (χ3n) is 5.79. The number of halogens is 1. The smallest absolute Gasteiger partial charge is 0.275 e. The van der Waals surface area contributed by atoms with Crippen molar-refractivity contribution in [2.45, 2.75) is 32.2 Å².